The molecule has 1 aromatic carbocycles. The fourth-order valence-corrected chi connectivity index (χ4v) is 5.64. The summed E-state index contributed by atoms with van der Waals surface area (Å²) in [4.78, 5) is 26.4. The van der Waals surface area contributed by atoms with Crippen LogP contribution in [0.1, 0.15) is 17.7 Å². The number of carbonyl (C=O) groups is 1. The number of ether oxygens (including phenoxy) is 3. The third-order valence-electron chi connectivity index (χ3n) is 6.95. The van der Waals surface area contributed by atoms with Gasteiger partial charge in [-0.1, -0.05) is 37.0 Å². The third kappa shape index (κ3) is 6.71. The number of aryl methyl sites for hydroxylation is 1. The molecule has 0 spiro atoms. The van der Waals surface area contributed by atoms with E-state index >= 15 is 0 Å². The second kappa shape index (κ2) is 11.7. The second-order valence-corrected chi connectivity index (χ2v) is 16.1. The van der Waals surface area contributed by atoms with E-state index in [0.717, 1.165) is 30.8 Å². The van der Waals surface area contributed by atoms with Crippen LogP contribution in [0, 0.1) is 6.92 Å². The van der Waals surface area contributed by atoms with E-state index in [9.17, 15) is 4.79 Å². The van der Waals surface area contributed by atoms with Crippen LogP contribution in [-0.2, 0) is 11.2 Å². The number of hydrogen-bond donors (Lipinski definition) is 1. The molecule has 1 saturated heterocycles. The van der Waals surface area contributed by atoms with Gasteiger partial charge in [-0.05, 0) is 44.6 Å². The Morgan fingerprint density at radius 1 is 1.15 bits per heavy atom. The number of aromatic nitrogens is 2. The first kappa shape index (κ1) is 28.4. The average Bonchev–Trinajstić information content (AvgIpc) is 3.52. The molecule has 1 atom stereocenters. The Labute approximate surface area is 231 Å². The van der Waals surface area contributed by atoms with Gasteiger partial charge in [-0.25, -0.2) is 0 Å². The van der Waals surface area contributed by atoms with Gasteiger partial charge in [0.05, 0.1) is 28.7 Å². The van der Waals surface area contributed by atoms with Crippen molar-refractivity contribution in [2.45, 2.75) is 45.4 Å². The van der Waals surface area contributed by atoms with Crippen molar-refractivity contribution in [1.82, 2.24) is 14.9 Å². The normalized spacial score (nSPS) is 15.7. The zero-order valence-corrected chi connectivity index (χ0v) is 25.1. The van der Waals surface area contributed by atoms with Gasteiger partial charge in [-0.2, -0.15) is 9.97 Å². The van der Waals surface area contributed by atoms with Crippen molar-refractivity contribution in [3.8, 4) is 23.5 Å². The highest BCUT2D eigenvalue weighted by Crippen LogP contribution is 2.34. The lowest BCUT2D eigenvalue weighted by Crippen LogP contribution is -2.37. The van der Waals surface area contributed by atoms with E-state index in [4.69, 9.17) is 18.6 Å². The van der Waals surface area contributed by atoms with E-state index in [0.29, 0.717) is 17.7 Å². The number of benzene rings is 1. The van der Waals surface area contributed by atoms with Crippen LogP contribution in [0.15, 0.2) is 34.7 Å². The van der Waals surface area contributed by atoms with Gasteiger partial charge in [0.15, 0.2) is 5.69 Å². The van der Waals surface area contributed by atoms with Crippen molar-refractivity contribution in [2.24, 2.45) is 0 Å². The van der Waals surface area contributed by atoms with E-state index in [-0.39, 0.29) is 35.8 Å². The minimum Gasteiger partial charge on any atom is -0.479 e. The maximum atomic E-state index is 13.0. The zero-order valence-electron chi connectivity index (χ0n) is 24.1. The number of nitrogens with one attached hydrogen (secondary N) is 1. The Hall–Kier alpha value is -3.57. The molecule has 1 fully saturated rings. The standard InChI is InChI=1S/C28H39N5O5Si/c1-18-9-11-21(39(6,7)8)16-22(18)38-24-12-10-20(37-24)15-23(34)29-25-26(35-4)30-28(31-27(25)36-5)33(3)19-13-14-32(2)17-19/h9-12,16,19H,13-15,17H2,1-8H3,(H,29,34). The number of amides is 1. The topological polar surface area (TPSA) is 102 Å². The van der Waals surface area contributed by atoms with Crippen molar-refractivity contribution in [3.05, 3.63) is 41.7 Å². The zero-order chi connectivity index (χ0) is 28.3. The summed E-state index contributed by atoms with van der Waals surface area (Å²) in [6.07, 6.45) is 0.997. The molecule has 1 unspecified atom stereocenters. The molecule has 0 bridgehead atoms. The molecule has 1 aliphatic heterocycles. The van der Waals surface area contributed by atoms with Crippen molar-refractivity contribution in [3.63, 3.8) is 0 Å². The van der Waals surface area contributed by atoms with Crippen LogP contribution in [-0.4, -0.2) is 76.3 Å². The van der Waals surface area contributed by atoms with Crippen LogP contribution < -0.4 is 29.6 Å². The first-order chi connectivity index (χ1) is 18.5. The largest absolute Gasteiger partial charge is 0.479 e. The number of likely N-dealkylation sites (tertiary alicyclic amines) is 1. The van der Waals surface area contributed by atoms with Gasteiger partial charge in [0.25, 0.3) is 5.95 Å². The first-order valence-electron chi connectivity index (χ1n) is 13.1. The molecule has 1 amide bonds. The molecular weight excluding hydrogens is 514 g/mol. The van der Waals surface area contributed by atoms with Gasteiger partial charge >= 0.3 is 0 Å². The lowest BCUT2D eigenvalue weighted by Gasteiger charge is -2.25. The van der Waals surface area contributed by atoms with Crippen molar-refractivity contribution in [1.29, 1.82) is 0 Å². The molecule has 3 aromatic rings. The molecule has 0 radical (unpaired) electrons. The lowest BCUT2D eigenvalue weighted by atomic mass is 10.2. The highest BCUT2D eigenvalue weighted by Gasteiger charge is 2.28. The van der Waals surface area contributed by atoms with Crippen LogP contribution >= 0.6 is 0 Å². The summed E-state index contributed by atoms with van der Waals surface area (Å²) in [6.45, 7) is 10.8. The van der Waals surface area contributed by atoms with E-state index < -0.39 is 8.07 Å². The van der Waals surface area contributed by atoms with Gasteiger partial charge in [-0.3, -0.25) is 4.79 Å². The summed E-state index contributed by atoms with van der Waals surface area (Å²) >= 11 is 0. The van der Waals surface area contributed by atoms with Crippen LogP contribution in [0.5, 0.6) is 23.5 Å². The highest BCUT2D eigenvalue weighted by atomic mass is 28.3. The Morgan fingerprint density at radius 3 is 2.44 bits per heavy atom. The summed E-state index contributed by atoms with van der Waals surface area (Å²) in [7, 11) is 5.55. The maximum Gasteiger partial charge on any atom is 0.290 e. The molecule has 10 nitrogen and oxygen atoms in total. The van der Waals surface area contributed by atoms with Gasteiger partial charge < -0.3 is 33.7 Å². The van der Waals surface area contributed by atoms with Crippen LogP contribution in [0.4, 0.5) is 11.6 Å². The summed E-state index contributed by atoms with van der Waals surface area (Å²) in [6, 6.07) is 10.0. The number of anilines is 2. The quantitative estimate of drug-likeness (QED) is 0.373. The summed E-state index contributed by atoms with van der Waals surface area (Å²) in [5.41, 5.74) is 1.29. The summed E-state index contributed by atoms with van der Waals surface area (Å²) < 4.78 is 22.9. The number of likely N-dealkylation sites (N-methyl/N-ethyl adjacent to an activating group) is 2. The van der Waals surface area contributed by atoms with Crippen LogP contribution in [0.25, 0.3) is 0 Å². The number of methoxy groups -OCH3 is 2. The van der Waals surface area contributed by atoms with Gasteiger partial charge in [0, 0.05) is 25.7 Å². The van der Waals surface area contributed by atoms with Gasteiger partial charge in [0.1, 0.15) is 11.5 Å². The van der Waals surface area contributed by atoms with E-state index in [2.05, 4.69) is 65.1 Å². The SMILES string of the molecule is COc1nc(N(C)C2CCN(C)C2)nc(OC)c1NC(=O)Cc1ccc(Oc2cc([Si](C)(C)C)ccc2C)o1. The van der Waals surface area contributed by atoms with E-state index in [1.807, 2.05) is 18.9 Å². The predicted octanol–water partition coefficient (Wildman–Crippen LogP) is 4.05. The van der Waals surface area contributed by atoms with Gasteiger partial charge in [0.2, 0.25) is 23.6 Å². The Kier molecular flexibility index (Phi) is 8.50. The number of hydrogen-bond acceptors (Lipinski definition) is 9. The first-order valence-corrected chi connectivity index (χ1v) is 16.6. The molecule has 4 rings (SSSR count). The van der Waals surface area contributed by atoms with Crippen LogP contribution in [0.2, 0.25) is 19.6 Å². The molecule has 0 aliphatic carbocycles. The Balaban J connectivity index is 1.46. The minimum atomic E-state index is -1.49. The number of furan rings is 1. The minimum absolute atomic E-state index is 0.0142. The molecule has 1 aliphatic rings. The smallest absolute Gasteiger partial charge is 0.290 e. The molecule has 11 heteroatoms. The molecule has 210 valence electrons. The Morgan fingerprint density at radius 2 is 1.85 bits per heavy atom. The van der Waals surface area contributed by atoms with Crippen LogP contribution in [0.3, 0.4) is 0 Å². The van der Waals surface area contributed by atoms with Crippen molar-refractivity contribution >= 4 is 30.8 Å². The summed E-state index contributed by atoms with van der Waals surface area (Å²) in [5, 5.41) is 4.13. The molecular formula is C28H39N5O5Si. The fourth-order valence-electron chi connectivity index (χ4n) is 4.50. The lowest BCUT2D eigenvalue weighted by molar-refractivity contribution is -0.115. The number of nitrogens with zero attached hydrogens (tertiary/aromatic N) is 4. The predicted molar refractivity (Wildman–Crippen MR) is 155 cm³/mol. The molecule has 3 heterocycles. The van der Waals surface area contributed by atoms with E-state index in [1.54, 1.807) is 12.1 Å². The maximum absolute atomic E-state index is 13.0. The molecule has 1 N–H and O–H groups in total. The van der Waals surface area contributed by atoms with E-state index in [1.165, 1.54) is 19.4 Å². The molecule has 39 heavy (non-hydrogen) atoms. The Bertz CT molecular complexity index is 1300. The van der Waals surface area contributed by atoms with Gasteiger partial charge in [-0.15, -0.1) is 0 Å². The average molecular weight is 554 g/mol. The van der Waals surface area contributed by atoms with Crippen molar-refractivity contribution in [2.75, 3.05) is 51.6 Å². The highest BCUT2D eigenvalue weighted by molar-refractivity contribution is 6.88. The fraction of sp³-hybridized carbons (Fsp3) is 0.464. The molecule has 2 aromatic heterocycles. The monoisotopic (exact) mass is 553 g/mol. The third-order valence-corrected chi connectivity index (χ3v) is 8.99. The number of rotatable bonds is 10. The second-order valence-electron chi connectivity index (χ2n) is 11.0. The summed E-state index contributed by atoms with van der Waals surface area (Å²) in [5.74, 6) is 2.14. The molecule has 0 saturated carbocycles. The van der Waals surface area contributed by atoms with Crippen molar-refractivity contribution < 1.29 is 23.4 Å². The number of carbonyl (C=O) groups excluding carboxylic acids is 1.